The van der Waals surface area contributed by atoms with E-state index in [4.69, 9.17) is 33.3 Å². The number of Topliss-reactive ketones (excluding diaryl/α,β-unsaturated/α-hetero) is 1. The molecule has 14 atom stereocenters. The molecule has 2 aromatic carbocycles. The third-order valence-electron chi connectivity index (χ3n) is 13.6. The molecule has 4 heterocycles. The Morgan fingerprint density at radius 2 is 1.68 bits per heavy atom. The summed E-state index contributed by atoms with van der Waals surface area (Å²) in [4.78, 5) is 62.6. The summed E-state index contributed by atoms with van der Waals surface area (Å²) in [6, 6.07) is 17.0. The molecule has 63 heavy (non-hydrogen) atoms. The quantitative estimate of drug-likeness (QED) is 0.228. The number of ketones is 1. The molecule has 4 aliphatic rings. The van der Waals surface area contributed by atoms with Crippen LogP contribution in [0.3, 0.4) is 0 Å². The largest absolute Gasteiger partial charge is 0.458 e. The van der Waals surface area contributed by atoms with Crippen LogP contribution in [0.25, 0.3) is 11.1 Å². The van der Waals surface area contributed by atoms with Gasteiger partial charge in [-0.2, -0.15) is 0 Å². The molecule has 0 unspecified atom stereocenters. The Kier molecular flexibility index (Phi) is 15.5. The first-order chi connectivity index (χ1) is 29.8. The minimum Gasteiger partial charge on any atom is -0.458 e. The molecule has 0 aliphatic carbocycles. The number of nitrogens with one attached hydrogen (secondary N) is 1. The van der Waals surface area contributed by atoms with E-state index in [0.29, 0.717) is 18.5 Å². The molecule has 346 valence electrons. The Morgan fingerprint density at radius 1 is 0.968 bits per heavy atom. The number of aliphatic hydroxyl groups excluding tert-OH is 1. The van der Waals surface area contributed by atoms with Crippen LogP contribution < -0.4 is 5.32 Å². The Morgan fingerprint density at radius 3 is 2.38 bits per heavy atom. The number of hydrogen-bond acceptors (Lipinski definition) is 14. The number of esters is 2. The smallest absolute Gasteiger partial charge is 0.311 e. The molecule has 0 radical (unpaired) electrons. The zero-order valence-electron chi connectivity index (χ0n) is 38.4. The SMILES string of the molecule is CC[C@H]1OC(=O)[C@H](C)[C@H]2OC/C(=N/OCC(=O)Nc3cccc(-c4ccccc4)c3)CO[C@](C)(C[C@@H](C)C(=O)[C@H](C)[C@@H]3CC(=O)O[C@]13C)[C@H](O[C@@H]1O[C@H](C)C[C@H](N(C)C)[C@H]1O)[C@@H]2C. The van der Waals surface area contributed by atoms with Gasteiger partial charge in [0, 0.05) is 35.4 Å². The zero-order chi connectivity index (χ0) is 45.8. The molecule has 4 fully saturated rings. The number of carbonyl (C=O) groups is 4. The van der Waals surface area contributed by atoms with Crippen molar-refractivity contribution in [2.45, 2.75) is 135 Å². The summed E-state index contributed by atoms with van der Waals surface area (Å²) >= 11 is 0. The van der Waals surface area contributed by atoms with Crippen LogP contribution in [0, 0.1) is 29.6 Å². The van der Waals surface area contributed by atoms with Crippen molar-refractivity contribution in [3.05, 3.63) is 54.6 Å². The van der Waals surface area contributed by atoms with Crippen molar-refractivity contribution in [1.29, 1.82) is 0 Å². The lowest BCUT2D eigenvalue weighted by Crippen LogP contribution is -2.60. The minimum absolute atomic E-state index is 0.00204. The summed E-state index contributed by atoms with van der Waals surface area (Å²) in [7, 11) is 3.78. The first kappa shape index (κ1) is 48.2. The number of fused-ring (bicyclic) bond motifs is 4. The summed E-state index contributed by atoms with van der Waals surface area (Å²) < 4.78 is 38.9. The van der Waals surface area contributed by atoms with Crippen LogP contribution in [-0.4, -0.2) is 127 Å². The van der Waals surface area contributed by atoms with Gasteiger partial charge in [0.25, 0.3) is 5.91 Å². The number of ether oxygens (including phenoxy) is 6. The summed E-state index contributed by atoms with van der Waals surface area (Å²) in [5.41, 5.74) is 0.276. The third-order valence-corrected chi connectivity index (χ3v) is 13.6. The summed E-state index contributed by atoms with van der Waals surface area (Å²) in [5, 5.41) is 18.9. The minimum atomic E-state index is -1.30. The molecule has 2 N–H and O–H groups in total. The van der Waals surface area contributed by atoms with Gasteiger partial charge in [-0.3, -0.25) is 19.2 Å². The number of rotatable bonds is 9. The predicted molar refractivity (Wildman–Crippen MR) is 234 cm³/mol. The van der Waals surface area contributed by atoms with Crippen molar-refractivity contribution in [2.75, 3.05) is 39.2 Å². The van der Waals surface area contributed by atoms with Crippen molar-refractivity contribution in [1.82, 2.24) is 4.90 Å². The highest BCUT2D eigenvalue weighted by atomic mass is 16.7. The molecule has 2 aromatic rings. The first-order valence-corrected chi connectivity index (χ1v) is 22.3. The van der Waals surface area contributed by atoms with E-state index in [1.807, 2.05) is 102 Å². The Balaban J connectivity index is 1.33. The fraction of sp³-hybridized carbons (Fsp3) is 0.646. The number of cyclic esters (lactones) is 1. The maximum Gasteiger partial charge on any atom is 0.311 e. The Labute approximate surface area is 371 Å². The van der Waals surface area contributed by atoms with Gasteiger partial charge in [-0.1, -0.05) is 75.3 Å². The van der Waals surface area contributed by atoms with E-state index >= 15 is 0 Å². The lowest BCUT2D eigenvalue weighted by molar-refractivity contribution is -0.302. The summed E-state index contributed by atoms with van der Waals surface area (Å²) in [6.45, 7) is 13.9. The van der Waals surface area contributed by atoms with Gasteiger partial charge < -0.3 is 48.6 Å². The van der Waals surface area contributed by atoms with Crippen LogP contribution in [0.15, 0.2) is 59.8 Å². The van der Waals surface area contributed by atoms with E-state index in [2.05, 4.69) is 10.5 Å². The molecule has 1 amide bonds. The Hall–Kier alpha value is -4.25. The molecular formula is C48H67N3O12. The molecular weight excluding hydrogens is 811 g/mol. The van der Waals surface area contributed by atoms with Crippen molar-refractivity contribution >= 4 is 35.0 Å². The lowest BCUT2D eigenvalue weighted by Gasteiger charge is -2.48. The van der Waals surface area contributed by atoms with Gasteiger partial charge in [0.15, 0.2) is 12.9 Å². The van der Waals surface area contributed by atoms with Crippen molar-refractivity contribution in [2.24, 2.45) is 34.7 Å². The van der Waals surface area contributed by atoms with Gasteiger partial charge >= 0.3 is 11.9 Å². The molecule has 6 rings (SSSR count). The molecule has 2 bridgehead atoms. The number of benzene rings is 2. The van der Waals surface area contributed by atoms with E-state index in [0.717, 1.165) is 11.1 Å². The zero-order valence-corrected chi connectivity index (χ0v) is 38.4. The number of carbonyl (C=O) groups excluding carboxylic acids is 4. The first-order valence-electron chi connectivity index (χ1n) is 22.3. The Bertz CT molecular complexity index is 1960. The van der Waals surface area contributed by atoms with Gasteiger partial charge in [0.1, 0.15) is 29.3 Å². The van der Waals surface area contributed by atoms with Crippen molar-refractivity contribution in [3.8, 4) is 11.1 Å². The van der Waals surface area contributed by atoms with Crippen LogP contribution in [0.4, 0.5) is 5.69 Å². The van der Waals surface area contributed by atoms with E-state index in [-0.39, 0.29) is 49.7 Å². The highest BCUT2D eigenvalue weighted by Crippen LogP contribution is 2.46. The van der Waals surface area contributed by atoms with E-state index < -0.39 is 96.0 Å². The van der Waals surface area contributed by atoms with Gasteiger partial charge in [-0.05, 0) is 84.3 Å². The highest BCUT2D eigenvalue weighted by molar-refractivity contribution is 5.92. The molecule has 15 nitrogen and oxygen atoms in total. The lowest BCUT2D eigenvalue weighted by atomic mass is 9.70. The van der Waals surface area contributed by atoms with E-state index in [1.165, 1.54) is 0 Å². The number of oxime groups is 1. The molecule has 15 heteroatoms. The molecule has 0 spiro atoms. The standard InChI is InChI=1S/C48H67N3O12/c1-11-38-48(8)36(22-40(53)63-48)29(4)41(54)27(2)23-47(7)44(62-46-42(55)37(51(9)10)20-28(3)60-46)30(5)43(31(6)45(56)61-38)57-24-35(25-58-47)50-59-26-39(52)49-34-19-15-18-33(21-34)32-16-13-12-14-17-32/h12-19,21,27-31,36-38,42-44,46,55H,11,20,22-26H2,1-10H3,(H,49,52)/b50-35-/t27-,28-,29-,30-,31-,36+,37+,38-,42-,43+,44-,46+,47-,48+/m1/s1. The average Bonchev–Trinajstić information content (AvgIpc) is 3.58. The second kappa shape index (κ2) is 20.3. The predicted octanol–water partition coefficient (Wildman–Crippen LogP) is 5.81. The third kappa shape index (κ3) is 10.8. The molecule has 4 saturated heterocycles. The normalized spacial score (nSPS) is 37.5. The van der Waals surface area contributed by atoms with Gasteiger partial charge in [0.05, 0.1) is 49.5 Å². The molecule has 0 saturated carbocycles. The van der Waals surface area contributed by atoms with Gasteiger partial charge in [0.2, 0.25) is 0 Å². The van der Waals surface area contributed by atoms with Crippen LogP contribution in [0.1, 0.15) is 81.1 Å². The van der Waals surface area contributed by atoms with E-state index in [9.17, 15) is 24.3 Å². The number of likely N-dealkylation sites (N-methyl/N-ethyl adjacent to an activating group) is 1. The van der Waals surface area contributed by atoms with Crippen molar-refractivity contribution < 1.29 is 57.5 Å². The van der Waals surface area contributed by atoms with Crippen LogP contribution in [-0.2, 0) is 52.4 Å². The summed E-state index contributed by atoms with van der Waals surface area (Å²) in [6.07, 6.45) is -4.05. The van der Waals surface area contributed by atoms with Crippen LogP contribution >= 0.6 is 0 Å². The number of nitrogens with zero attached hydrogens (tertiary/aromatic N) is 2. The average molecular weight is 878 g/mol. The number of hydrogen-bond donors (Lipinski definition) is 2. The molecule has 4 aliphatic heterocycles. The summed E-state index contributed by atoms with van der Waals surface area (Å²) in [5.74, 6) is -4.99. The fourth-order valence-corrected chi connectivity index (χ4v) is 10.2. The maximum atomic E-state index is 14.6. The van der Waals surface area contributed by atoms with Gasteiger partial charge in [-0.15, -0.1) is 0 Å². The van der Waals surface area contributed by atoms with Crippen molar-refractivity contribution in [3.63, 3.8) is 0 Å². The number of anilines is 1. The monoisotopic (exact) mass is 877 g/mol. The maximum absolute atomic E-state index is 14.6. The van der Waals surface area contributed by atoms with Crippen LogP contribution in [0.5, 0.6) is 0 Å². The van der Waals surface area contributed by atoms with Gasteiger partial charge in [-0.25, -0.2) is 0 Å². The fourth-order valence-electron chi connectivity index (χ4n) is 10.2. The van der Waals surface area contributed by atoms with Crippen LogP contribution in [0.2, 0.25) is 0 Å². The second-order valence-corrected chi connectivity index (χ2v) is 18.7. The van der Waals surface area contributed by atoms with E-state index in [1.54, 1.807) is 26.8 Å². The second-order valence-electron chi connectivity index (χ2n) is 18.7. The number of amides is 1. The molecule has 0 aromatic heterocycles. The number of aliphatic hydroxyl groups is 1. The highest BCUT2D eigenvalue weighted by Gasteiger charge is 2.57. The topological polar surface area (TPSA) is 181 Å².